The average Bonchev–Trinajstić information content (AvgIpc) is 3.62. The second-order valence-electron chi connectivity index (χ2n) is 11.7. The van der Waals surface area contributed by atoms with Crippen molar-refractivity contribution in [1.29, 1.82) is 0 Å². The van der Waals surface area contributed by atoms with Gasteiger partial charge in [-0.25, -0.2) is 0 Å². The van der Waals surface area contributed by atoms with E-state index in [0.717, 1.165) is 44.3 Å². The minimum absolute atomic E-state index is 0.0336. The van der Waals surface area contributed by atoms with E-state index in [0.29, 0.717) is 13.0 Å². The molecular weight excluding hydrogens is 512 g/mol. The summed E-state index contributed by atoms with van der Waals surface area (Å²) in [6.45, 7) is 12.7. The van der Waals surface area contributed by atoms with Gasteiger partial charge in [0.25, 0.3) is 0 Å². The molecule has 0 unspecified atom stereocenters. The topological polar surface area (TPSA) is 115 Å². The SMILES string of the molecule is CCCNC(=O)C[C@@H]1C[C@]2(CO2)C[C@@H](C=CC(C)=CC[C@@H]2O[C@H](C)[C@H](NC(=O)C=C[C@H](C)OC(C)=O)C[C@@H]2C)O1. The van der Waals surface area contributed by atoms with Crippen LogP contribution >= 0.6 is 0 Å². The Kier molecular flexibility index (Phi) is 12.0. The van der Waals surface area contributed by atoms with Crippen LogP contribution < -0.4 is 10.6 Å². The number of hydrogen-bond donors (Lipinski definition) is 2. The van der Waals surface area contributed by atoms with Gasteiger partial charge in [0.05, 0.1) is 49.1 Å². The molecule has 2 amide bonds. The Morgan fingerprint density at radius 2 is 1.88 bits per heavy atom. The predicted molar refractivity (Wildman–Crippen MR) is 152 cm³/mol. The standard InChI is InChI=1S/C31H48N2O7/c1-7-14-32-30(36)16-26-18-31(19-37-31)17-25(40-26)11-8-20(2)9-12-28-21(3)15-27(23(5)39-28)33-29(35)13-10-22(4)38-24(6)34/h8-11,13,21-23,25-28H,7,12,14-19H2,1-6H3,(H,32,36)(H,33,35)/t21-,22-,23+,25+,26+,27+,28-,31-/m0/s1. The van der Waals surface area contributed by atoms with Crippen molar-refractivity contribution >= 4 is 17.8 Å². The number of hydrogen-bond acceptors (Lipinski definition) is 7. The molecule has 3 saturated heterocycles. The second-order valence-corrected chi connectivity index (χ2v) is 11.7. The molecule has 2 N–H and O–H groups in total. The van der Waals surface area contributed by atoms with Crippen LogP contribution in [0.15, 0.2) is 36.0 Å². The Balaban J connectivity index is 1.46. The minimum atomic E-state index is -0.457. The van der Waals surface area contributed by atoms with Crippen LogP contribution in [0.5, 0.6) is 0 Å². The number of epoxide rings is 1. The fourth-order valence-corrected chi connectivity index (χ4v) is 5.42. The Morgan fingerprint density at radius 1 is 1.12 bits per heavy atom. The summed E-state index contributed by atoms with van der Waals surface area (Å²) >= 11 is 0. The number of rotatable bonds is 12. The molecule has 3 aliphatic rings. The zero-order valence-corrected chi connectivity index (χ0v) is 24.9. The van der Waals surface area contributed by atoms with Crippen molar-refractivity contribution in [3.8, 4) is 0 Å². The third-order valence-electron chi connectivity index (χ3n) is 7.74. The Bertz CT molecular complexity index is 971. The van der Waals surface area contributed by atoms with Crippen LogP contribution in [0.2, 0.25) is 0 Å². The van der Waals surface area contributed by atoms with E-state index in [2.05, 4.69) is 42.7 Å². The normalized spacial score (nSPS) is 33.2. The minimum Gasteiger partial charge on any atom is -0.459 e. The van der Waals surface area contributed by atoms with Crippen molar-refractivity contribution in [3.05, 3.63) is 36.0 Å². The lowest BCUT2D eigenvalue weighted by Gasteiger charge is -2.39. The number of allylic oxidation sites excluding steroid dienone is 2. The third-order valence-corrected chi connectivity index (χ3v) is 7.74. The van der Waals surface area contributed by atoms with Gasteiger partial charge in [0, 0.05) is 32.4 Å². The second kappa shape index (κ2) is 14.9. The van der Waals surface area contributed by atoms with Crippen molar-refractivity contribution in [2.24, 2.45) is 5.92 Å². The lowest BCUT2D eigenvalue weighted by Crippen LogP contribution is -2.50. The zero-order valence-electron chi connectivity index (χ0n) is 24.9. The number of nitrogens with one attached hydrogen (secondary N) is 2. The van der Waals surface area contributed by atoms with Crippen LogP contribution in [0.1, 0.15) is 80.1 Å². The van der Waals surface area contributed by atoms with E-state index in [-0.39, 0.29) is 59.8 Å². The third kappa shape index (κ3) is 10.5. The van der Waals surface area contributed by atoms with Crippen molar-refractivity contribution < 1.29 is 33.3 Å². The molecule has 9 nitrogen and oxygen atoms in total. The van der Waals surface area contributed by atoms with Crippen LogP contribution in [0.3, 0.4) is 0 Å². The number of carbonyl (C=O) groups is 3. The van der Waals surface area contributed by atoms with E-state index >= 15 is 0 Å². The Morgan fingerprint density at radius 3 is 2.55 bits per heavy atom. The van der Waals surface area contributed by atoms with Crippen molar-refractivity contribution in [2.45, 2.75) is 122 Å². The van der Waals surface area contributed by atoms with Gasteiger partial charge < -0.3 is 29.6 Å². The molecule has 0 aromatic carbocycles. The lowest BCUT2D eigenvalue weighted by atomic mass is 9.88. The largest absolute Gasteiger partial charge is 0.459 e. The molecule has 3 rings (SSSR count). The van der Waals surface area contributed by atoms with E-state index in [4.69, 9.17) is 18.9 Å². The molecule has 0 bridgehead atoms. The summed E-state index contributed by atoms with van der Waals surface area (Å²) in [5.41, 5.74) is 0.993. The summed E-state index contributed by atoms with van der Waals surface area (Å²) in [6.07, 6.45) is 13.1. The van der Waals surface area contributed by atoms with Gasteiger partial charge in [0.1, 0.15) is 6.10 Å². The van der Waals surface area contributed by atoms with Crippen LogP contribution in [0, 0.1) is 5.92 Å². The first-order valence-electron chi connectivity index (χ1n) is 14.7. The zero-order chi connectivity index (χ0) is 29.3. The van der Waals surface area contributed by atoms with Crippen molar-refractivity contribution in [3.63, 3.8) is 0 Å². The quantitative estimate of drug-likeness (QED) is 0.161. The lowest BCUT2D eigenvalue weighted by molar-refractivity contribution is -0.143. The molecule has 9 heteroatoms. The number of ether oxygens (including phenoxy) is 4. The van der Waals surface area contributed by atoms with E-state index in [9.17, 15) is 14.4 Å². The van der Waals surface area contributed by atoms with Gasteiger partial charge in [0.2, 0.25) is 11.8 Å². The van der Waals surface area contributed by atoms with Crippen molar-refractivity contribution in [2.75, 3.05) is 13.2 Å². The fourth-order valence-electron chi connectivity index (χ4n) is 5.42. The molecule has 8 atom stereocenters. The molecule has 0 saturated carbocycles. The van der Waals surface area contributed by atoms with Crippen LogP contribution in [0.4, 0.5) is 0 Å². The highest BCUT2D eigenvalue weighted by Crippen LogP contribution is 2.43. The predicted octanol–water partition coefficient (Wildman–Crippen LogP) is 3.92. The van der Waals surface area contributed by atoms with Gasteiger partial charge in [-0.05, 0) is 52.0 Å². The Hall–Kier alpha value is -2.49. The van der Waals surface area contributed by atoms with Gasteiger partial charge in [-0.2, -0.15) is 0 Å². The van der Waals surface area contributed by atoms with Gasteiger partial charge >= 0.3 is 5.97 Å². The van der Waals surface area contributed by atoms with Gasteiger partial charge in [-0.15, -0.1) is 0 Å². The molecule has 0 aromatic rings. The van der Waals surface area contributed by atoms with Gasteiger partial charge in [0.15, 0.2) is 0 Å². The van der Waals surface area contributed by atoms with Crippen LogP contribution in [-0.4, -0.2) is 73.1 Å². The highest BCUT2D eigenvalue weighted by atomic mass is 16.6. The molecule has 3 aliphatic heterocycles. The molecule has 0 aliphatic carbocycles. The summed E-state index contributed by atoms with van der Waals surface area (Å²) in [5.74, 6) is -0.302. The summed E-state index contributed by atoms with van der Waals surface area (Å²) in [4.78, 5) is 35.6. The van der Waals surface area contributed by atoms with E-state index in [1.807, 2.05) is 13.8 Å². The first-order chi connectivity index (χ1) is 19.0. The highest BCUT2D eigenvalue weighted by molar-refractivity contribution is 5.87. The van der Waals surface area contributed by atoms with E-state index in [1.54, 1.807) is 13.0 Å². The first-order valence-corrected chi connectivity index (χ1v) is 14.7. The molecule has 0 radical (unpaired) electrons. The smallest absolute Gasteiger partial charge is 0.303 e. The molecular formula is C31H48N2O7. The summed E-state index contributed by atoms with van der Waals surface area (Å²) in [5, 5.41) is 5.96. The van der Waals surface area contributed by atoms with Gasteiger partial charge in [-0.1, -0.05) is 37.6 Å². The molecule has 224 valence electrons. The van der Waals surface area contributed by atoms with E-state index in [1.165, 1.54) is 13.0 Å². The highest BCUT2D eigenvalue weighted by Gasteiger charge is 2.51. The number of esters is 1. The maximum absolute atomic E-state index is 12.4. The van der Waals surface area contributed by atoms with Crippen LogP contribution in [-0.2, 0) is 33.3 Å². The maximum atomic E-state index is 12.4. The summed E-state index contributed by atoms with van der Waals surface area (Å²) in [7, 11) is 0. The molecule has 40 heavy (non-hydrogen) atoms. The monoisotopic (exact) mass is 560 g/mol. The molecule has 1 spiro atoms. The summed E-state index contributed by atoms with van der Waals surface area (Å²) in [6, 6.07) is -0.0881. The van der Waals surface area contributed by atoms with Crippen molar-refractivity contribution in [1.82, 2.24) is 10.6 Å². The summed E-state index contributed by atoms with van der Waals surface area (Å²) < 4.78 is 23.3. The first kappa shape index (κ1) is 32.0. The van der Waals surface area contributed by atoms with Crippen LogP contribution in [0.25, 0.3) is 0 Å². The fraction of sp³-hybridized carbons (Fsp3) is 0.710. The number of carbonyl (C=O) groups excluding carboxylic acids is 3. The molecule has 3 fully saturated rings. The number of amides is 2. The molecule has 3 heterocycles. The maximum Gasteiger partial charge on any atom is 0.303 e. The van der Waals surface area contributed by atoms with E-state index < -0.39 is 6.10 Å². The van der Waals surface area contributed by atoms with Gasteiger partial charge in [-0.3, -0.25) is 14.4 Å². The average molecular weight is 561 g/mol. The molecule has 0 aromatic heterocycles. The Labute approximate surface area is 239 Å².